The number of para-hydroxylation sites is 2. The summed E-state index contributed by atoms with van der Waals surface area (Å²) in [5, 5.41) is 0.783. The van der Waals surface area contributed by atoms with Crippen LogP contribution in [-0.2, 0) is 19.4 Å². The number of benzene rings is 3. The number of ether oxygens (including phenoxy) is 1. The summed E-state index contributed by atoms with van der Waals surface area (Å²) in [4.78, 5) is 7.65. The number of fused-ring (bicyclic) bond motifs is 1. The molecule has 0 spiro atoms. The summed E-state index contributed by atoms with van der Waals surface area (Å²) in [6.07, 6.45) is 4.57. The highest BCUT2D eigenvalue weighted by atomic mass is 35.5. The van der Waals surface area contributed by atoms with E-state index in [0.717, 1.165) is 55.3 Å². The number of methoxy groups -OCH3 is 1. The molecule has 0 unspecified atom stereocenters. The minimum Gasteiger partial charge on any atom is -0.497 e. The lowest BCUT2D eigenvalue weighted by molar-refractivity contribution is 0.184. The number of halogens is 1. The monoisotopic (exact) mass is 473 g/mol. The number of likely N-dealkylation sites (tertiary alicyclic amines) is 1. The molecule has 0 amide bonds. The van der Waals surface area contributed by atoms with Crippen LogP contribution in [0.15, 0.2) is 72.8 Å². The Kier molecular flexibility index (Phi) is 7.17. The first-order chi connectivity index (χ1) is 16.7. The third-order valence-corrected chi connectivity index (χ3v) is 7.25. The van der Waals surface area contributed by atoms with E-state index in [1.54, 1.807) is 7.11 Å². The van der Waals surface area contributed by atoms with Crippen LogP contribution in [0.1, 0.15) is 29.8 Å². The van der Waals surface area contributed by atoms with Crippen molar-refractivity contribution in [3.05, 3.63) is 94.8 Å². The van der Waals surface area contributed by atoms with Gasteiger partial charge < -0.3 is 14.2 Å². The molecule has 0 N–H and O–H groups in total. The second-order valence-electron chi connectivity index (χ2n) is 9.32. The van der Waals surface area contributed by atoms with E-state index in [9.17, 15) is 0 Å². The first-order valence-electron chi connectivity index (χ1n) is 12.2. The molecule has 0 bridgehead atoms. The highest BCUT2D eigenvalue weighted by Crippen LogP contribution is 2.26. The van der Waals surface area contributed by atoms with Crippen LogP contribution in [0.2, 0.25) is 5.02 Å². The number of imidazole rings is 1. The third-order valence-electron chi connectivity index (χ3n) is 7.02. The van der Waals surface area contributed by atoms with Gasteiger partial charge in [0.2, 0.25) is 0 Å². The summed E-state index contributed by atoms with van der Waals surface area (Å²) in [5.41, 5.74) is 4.87. The molecule has 5 heteroatoms. The Morgan fingerprint density at radius 3 is 2.50 bits per heavy atom. The Labute approximate surface area is 207 Å². The van der Waals surface area contributed by atoms with Gasteiger partial charge in [0.1, 0.15) is 11.6 Å². The van der Waals surface area contributed by atoms with Crippen LogP contribution in [0.25, 0.3) is 11.0 Å². The van der Waals surface area contributed by atoms with E-state index in [-0.39, 0.29) is 0 Å². The normalized spacial score (nSPS) is 15.1. The van der Waals surface area contributed by atoms with Gasteiger partial charge in [0.25, 0.3) is 0 Å². The zero-order valence-electron chi connectivity index (χ0n) is 19.8. The number of aromatic nitrogens is 2. The molecule has 1 aliphatic rings. The highest BCUT2D eigenvalue weighted by molar-refractivity contribution is 6.30. The van der Waals surface area contributed by atoms with Gasteiger partial charge >= 0.3 is 0 Å². The summed E-state index contributed by atoms with van der Waals surface area (Å²) in [6.45, 7) is 4.24. The van der Waals surface area contributed by atoms with Crippen LogP contribution in [0.5, 0.6) is 5.75 Å². The van der Waals surface area contributed by atoms with Gasteiger partial charge in [-0.15, -0.1) is 0 Å². The van der Waals surface area contributed by atoms with E-state index in [1.165, 1.54) is 35.3 Å². The summed E-state index contributed by atoms with van der Waals surface area (Å²) < 4.78 is 7.65. The van der Waals surface area contributed by atoms with Crippen molar-refractivity contribution in [2.24, 2.45) is 5.92 Å². The topological polar surface area (TPSA) is 30.3 Å². The van der Waals surface area contributed by atoms with Gasteiger partial charge in [0.15, 0.2) is 0 Å². The molecule has 34 heavy (non-hydrogen) atoms. The van der Waals surface area contributed by atoms with Gasteiger partial charge in [-0.2, -0.15) is 0 Å². The maximum atomic E-state index is 6.26. The zero-order valence-corrected chi connectivity index (χ0v) is 20.5. The summed E-state index contributed by atoms with van der Waals surface area (Å²) in [6, 6.07) is 25.1. The van der Waals surface area contributed by atoms with E-state index in [0.29, 0.717) is 5.92 Å². The Morgan fingerprint density at radius 1 is 0.941 bits per heavy atom. The minimum absolute atomic E-state index is 0.673. The fraction of sp³-hybridized carbons (Fsp3) is 0.345. The fourth-order valence-electron chi connectivity index (χ4n) is 5.03. The molecular formula is C29H32ClN3O. The van der Waals surface area contributed by atoms with Crippen molar-refractivity contribution in [2.45, 2.75) is 32.2 Å². The lowest BCUT2D eigenvalue weighted by Crippen LogP contribution is -2.36. The van der Waals surface area contributed by atoms with Gasteiger partial charge in [-0.1, -0.05) is 48.0 Å². The lowest BCUT2D eigenvalue weighted by atomic mass is 9.93. The first-order valence-corrected chi connectivity index (χ1v) is 12.6. The van der Waals surface area contributed by atoms with E-state index >= 15 is 0 Å². The number of nitrogens with zero attached hydrogens (tertiary/aromatic N) is 3. The standard InChI is InChI=1S/C29H32ClN3O/c1-34-26-11-9-22(10-12-26)13-16-32-17-14-23(15-18-32)20-29-31-27-7-2-3-8-28(27)33(29)21-24-5-4-6-25(30)19-24/h2-12,19,23H,13-18,20-21H2,1H3. The quantitative estimate of drug-likeness (QED) is 0.303. The van der Waals surface area contributed by atoms with Crippen molar-refractivity contribution in [3.63, 3.8) is 0 Å². The Hall–Kier alpha value is -2.82. The van der Waals surface area contributed by atoms with Crippen LogP contribution in [0.3, 0.4) is 0 Å². The second-order valence-corrected chi connectivity index (χ2v) is 9.76. The second kappa shape index (κ2) is 10.6. The van der Waals surface area contributed by atoms with Crippen LogP contribution < -0.4 is 4.74 Å². The number of hydrogen-bond donors (Lipinski definition) is 0. The van der Waals surface area contributed by atoms with Crippen molar-refractivity contribution in [1.29, 1.82) is 0 Å². The van der Waals surface area contributed by atoms with E-state index in [2.05, 4.69) is 70.1 Å². The molecule has 0 aliphatic carbocycles. The Bertz CT molecular complexity index is 1230. The first kappa shape index (κ1) is 22.9. The lowest BCUT2D eigenvalue weighted by Gasteiger charge is -2.32. The fourth-order valence-corrected chi connectivity index (χ4v) is 5.24. The molecule has 1 saturated heterocycles. The van der Waals surface area contributed by atoms with Gasteiger partial charge in [0.05, 0.1) is 18.1 Å². The number of rotatable bonds is 8. The highest BCUT2D eigenvalue weighted by Gasteiger charge is 2.22. The summed E-state index contributed by atoms with van der Waals surface area (Å²) in [7, 11) is 1.71. The minimum atomic E-state index is 0.673. The maximum Gasteiger partial charge on any atom is 0.118 e. The molecule has 1 aliphatic heterocycles. The van der Waals surface area contributed by atoms with Crippen LogP contribution in [-0.4, -0.2) is 41.2 Å². The molecule has 1 fully saturated rings. The average Bonchev–Trinajstić information content (AvgIpc) is 3.20. The zero-order chi connectivity index (χ0) is 23.3. The molecule has 176 valence electrons. The molecule has 5 rings (SSSR count). The van der Waals surface area contributed by atoms with E-state index in [1.807, 2.05) is 12.1 Å². The van der Waals surface area contributed by atoms with Gasteiger partial charge in [0, 0.05) is 24.5 Å². The smallest absolute Gasteiger partial charge is 0.118 e. The van der Waals surface area contributed by atoms with Crippen molar-refractivity contribution >= 4 is 22.6 Å². The number of hydrogen-bond acceptors (Lipinski definition) is 3. The Morgan fingerprint density at radius 2 is 1.74 bits per heavy atom. The van der Waals surface area contributed by atoms with Crippen molar-refractivity contribution in [1.82, 2.24) is 14.5 Å². The van der Waals surface area contributed by atoms with Gasteiger partial charge in [-0.3, -0.25) is 0 Å². The molecule has 1 aromatic heterocycles. The van der Waals surface area contributed by atoms with Crippen LogP contribution in [0.4, 0.5) is 0 Å². The van der Waals surface area contributed by atoms with Gasteiger partial charge in [-0.25, -0.2) is 4.98 Å². The molecule has 4 nitrogen and oxygen atoms in total. The van der Waals surface area contributed by atoms with Crippen molar-refractivity contribution in [2.75, 3.05) is 26.7 Å². The average molecular weight is 474 g/mol. The number of piperidine rings is 1. The molecule has 4 aromatic rings. The Balaban J connectivity index is 1.22. The molecule has 0 atom stereocenters. The maximum absolute atomic E-state index is 6.26. The summed E-state index contributed by atoms with van der Waals surface area (Å²) >= 11 is 6.26. The molecular weight excluding hydrogens is 442 g/mol. The SMILES string of the molecule is COc1ccc(CCN2CCC(Cc3nc4ccccc4n3Cc3cccc(Cl)c3)CC2)cc1. The van der Waals surface area contributed by atoms with E-state index in [4.69, 9.17) is 21.3 Å². The van der Waals surface area contributed by atoms with Gasteiger partial charge in [-0.05, 0) is 85.8 Å². The van der Waals surface area contributed by atoms with Crippen LogP contribution in [0, 0.1) is 5.92 Å². The van der Waals surface area contributed by atoms with E-state index < -0.39 is 0 Å². The third kappa shape index (κ3) is 5.45. The largest absolute Gasteiger partial charge is 0.497 e. The molecule has 0 saturated carbocycles. The predicted octanol–water partition coefficient (Wildman–Crippen LogP) is 6.24. The summed E-state index contributed by atoms with van der Waals surface area (Å²) in [5.74, 6) is 2.79. The predicted molar refractivity (Wildman–Crippen MR) is 140 cm³/mol. The van der Waals surface area contributed by atoms with Crippen molar-refractivity contribution < 1.29 is 4.74 Å². The van der Waals surface area contributed by atoms with Crippen LogP contribution >= 0.6 is 11.6 Å². The molecule has 0 radical (unpaired) electrons. The molecule has 2 heterocycles. The molecule has 3 aromatic carbocycles. The van der Waals surface area contributed by atoms with Crippen molar-refractivity contribution in [3.8, 4) is 5.75 Å².